The van der Waals surface area contributed by atoms with Crippen LogP contribution in [0.3, 0.4) is 0 Å². The highest BCUT2D eigenvalue weighted by Crippen LogP contribution is 2.55. The van der Waals surface area contributed by atoms with Crippen molar-refractivity contribution < 1.29 is 9.53 Å². The van der Waals surface area contributed by atoms with Gasteiger partial charge in [-0.05, 0) is 24.7 Å². The molecule has 0 aromatic rings. The molecule has 0 radical (unpaired) electrons. The molecule has 3 unspecified atom stereocenters. The van der Waals surface area contributed by atoms with Gasteiger partial charge in [-0.1, -0.05) is 28.8 Å². The highest BCUT2D eigenvalue weighted by atomic mass is 79.9. The second kappa shape index (κ2) is 5.50. The monoisotopic (exact) mass is 289 g/mol. The van der Waals surface area contributed by atoms with E-state index < -0.39 is 0 Å². The molecule has 3 nitrogen and oxygen atoms in total. The van der Waals surface area contributed by atoms with E-state index in [2.05, 4.69) is 21.2 Å². The lowest BCUT2D eigenvalue weighted by Gasteiger charge is -2.09. The molecule has 3 atom stereocenters. The Bertz CT molecular complexity index is 247. The van der Waals surface area contributed by atoms with Gasteiger partial charge in [-0.15, -0.1) is 0 Å². The number of ether oxygens (including phenoxy) is 1. The van der Waals surface area contributed by atoms with Gasteiger partial charge in [0.15, 0.2) is 0 Å². The zero-order valence-electron chi connectivity index (χ0n) is 9.75. The smallest absolute Gasteiger partial charge is 0.223 e. The molecule has 1 amide bonds. The predicted molar refractivity (Wildman–Crippen MR) is 66.5 cm³/mol. The zero-order valence-corrected chi connectivity index (χ0v) is 11.3. The van der Waals surface area contributed by atoms with Gasteiger partial charge in [0, 0.05) is 19.6 Å². The quantitative estimate of drug-likeness (QED) is 0.786. The molecule has 2 aliphatic rings. The Balaban J connectivity index is 1.69. The first-order valence-electron chi connectivity index (χ1n) is 6.14. The van der Waals surface area contributed by atoms with Crippen LogP contribution in [0.2, 0.25) is 0 Å². The standard InChI is InChI=1S/C12H20BrNO2/c1-16-7-8(13)6-14-12(15)11-9-4-2-3-5-10(9)11/h8-11H,2-7H2,1H3,(H,14,15). The minimum absolute atomic E-state index is 0.224. The number of carbonyl (C=O) groups is 1. The van der Waals surface area contributed by atoms with Crippen molar-refractivity contribution in [1.29, 1.82) is 0 Å². The summed E-state index contributed by atoms with van der Waals surface area (Å²) in [4.78, 5) is 12.1. The Morgan fingerprint density at radius 3 is 2.62 bits per heavy atom. The van der Waals surface area contributed by atoms with Gasteiger partial charge in [-0.2, -0.15) is 0 Å². The van der Waals surface area contributed by atoms with Crippen LogP contribution >= 0.6 is 15.9 Å². The van der Waals surface area contributed by atoms with Crippen molar-refractivity contribution in [3.05, 3.63) is 0 Å². The first kappa shape index (κ1) is 12.4. The van der Waals surface area contributed by atoms with E-state index in [0.29, 0.717) is 30.9 Å². The fourth-order valence-electron chi connectivity index (χ4n) is 2.95. The summed E-state index contributed by atoms with van der Waals surface area (Å²) in [5, 5.41) is 3.02. The van der Waals surface area contributed by atoms with Crippen LogP contribution in [0.25, 0.3) is 0 Å². The maximum atomic E-state index is 11.9. The largest absolute Gasteiger partial charge is 0.383 e. The van der Waals surface area contributed by atoms with Gasteiger partial charge >= 0.3 is 0 Å². The second-order valence-corrected chi connectivity index (χ2v) is 6.23. The minimum Gasteiger partial charge on any atom is -0.383 e. The molecule has 2 rings (SSSR count). The van der Waals surface area contributed by atoms with E-state index in [1.54, 1.807) is 7.11 Å². The van der Waals surface area contributed by atoms with Crippen LogP contribution in [0.4, 0.5) is 0 Å². The number of alkyl halides is 1. The third kappa shape index (κ3) is 2.77. The minimum atomic E-state index is 0.224. The molecule has 0 aromatic heterocycles. The Labute approximate surface area is 105 Å². The van der Waals surface area contributed by atoms with Gasteiger partial charge in [0.05, 0.1) is 11.4 Å². The number of rotatable bonds is 5. The van der Waals surface area contributed by atoms with Crippen molar-refractivity contribution in [2.24, 2.45) is 17.8 Å². The molecule has 0 spiro atoms. The molecule has 0 aliphatic heterocycles. The van der Waals surface area contributed by atoms with Crippen LogP contribution in [0.15, 0.2) is 0 Å². The van der Waals surface area contributed by atoms with E-state index in [1.807, 2.05) is 0 Å². The van der Waals surface area contributed by atoms with Crippen LogP contribution in [0.1, 0.15) is 25.7 Å². The van der Waals surface area contributed by atoms with Gasteiger partial charge in [0.1, 0.15) is 0 Å². The highest BCUT2D eigenvalue weighted by Gasteiger charge is 2.54. The van der Waals surface area contributed by atoms with Crippen molar-refractivity contribution >= 4 is 21.8 Å². The van der Waals surface area contributed by atoms with Gasteiger partial charge in [0.2, 0.25) is 5.91 Å². The third-order valence-electron chi connectivity index (χ3n) is 3.80. The van der Waals surface area contributed by atoms with Gasteiger partial charge < -0.3 is 10.1 Å². The topological polar surface area (TPSA) is 38.3 Å². The fourth-order valence-corrected chi connectivity index (χ4v) is 3.38. The number of nitrogens with one attached hydrogen (secondary N) is 1. The first-order chi connectivity index (χ1) is 7.74. The summed E-state index contributed by atoms with van der Waals surface area (Å²) in [5.74, 6) is 1.98. The summed E-state index contributed by atoms with van der Waals surface area (Å²) in [5.41, 5.74) is 0. The van der Waals surface area contributed by atoms with Crippen molar-refractivity contribution in [3.8, 4) is 0 Å². The fraction of sp³-hybridized carbons (Fsp3) is 0.917. The summed E-state index contributed by atoms with van der Waals surface area (Å²) < 4.78 is 5.01. The molecule has 0 heterocycles. The molecule has 0 aromatic carbocycles. The molecule has 1 N–H and O–H groups in total. The van der Waals surface area contributed by atoms with Gasteiger partial charge in [-0.25, -0.2) is 0 Å². The maximum absolute atomic E-state index is 11.9. The Morgan fingerprint density at radius 1 is 1.44 bits per heavy atom. The summed E-state index contributed by atoms with van der Waals surface area (Å²) in [6.07, 6.45) is 5.16. The zero-order chi connectivity index (χ0) is 11.5. The lowest BCUT2D eigenvalue weighted by molar-refractivity contribution is -0.122. The Morgan fingerprint density at radius 2 is 2.06 bits per heavy atom. The van der Waals surface area contributed by atoms with Crippen LogP contribution in [0.5, 0.6) is 0 Å². The van der Waals surface area contributed by atoms with Crippen molar-refractivity contribution in [3.63, 3.8) is 0 Å². The SMILES string of the molecule is COCC(Br)CNC(=O)C1C2CCCCC21. The average Bonchev–Trinajstić information content (AvgIpc) is 3.00. The molecule has 2 fully saturated rings. The molecular formula is C12H20BrNO2. The van der Waals surface area contributed by atoms with Crippen LogP contribution < -0.4 is 5.32 Å². The molecule has 16 heavy (non-hydrogen) atoms. The summed E-state index contributed by atoms with van der Waals surface area (Å²) in [6, 6.07) is 0. The number of methoxy groups -OCH3 is 1. The number of fused-ring (bicyclic) bond motifs is 1. The molecule has 0 bridgehead atoms. The van der Waals surface area contributed by atoms with Crippen molar-refractivity contribution in [1.82, 2.24) is 5.32 Å². The van der Waals surface area contributed by atoms with Crippen LogP contribution in [0, 0.1) is 17.8 Å². The average molecular weight is 290 g/mol. The number of amides is 1. The number of hydrogen-bond donors (Lipinski definition) is 1. The summed E-state index contributed by atoms with van der Waals surface area (Å²) in [6.45, 7) is 1.31. The highest BCUT2D eigenvalue weighted by molar-refractivity contribution is 9.09. The van der Waals surface area contributed by atoms with E-state index >= 15 is 0 Å². The Kier molecular flexibility index (Phi) is 4.25. The molecule has 4 heteroatoms. The molecule has 92 valence electrons. The second-order valence-electron chi connectivity index (χ2n) is 4.94. The van der Waals surface area contributed by atoms with Gasteiger partial charge in [0.25, 0.3) is 0 Å². The van der Waals surface area contributed by atoms with E-state index in [-0.39, 0.29) is 10.7 Å². The lowest BCUT2D eigenvalue weighted by atomic mass is 10.0. The third-order valence-corrected chi connectivity index (χ3v) is 4.39. The normalized spacial score (nSPS) is 34.0. The van der Waals surface area contributed by atoms with E-state index in [9.17, 15) is 4.79 Å². The molecular weight excluding hydrogens is 270 g/mol. The molecule has 0 saturated heterocycles. The van der Waals surface area contributed by atoms with Crippen molar-refractivity contribution in [2.45, 2.75) is 30.5 Å². The molecule has 2 saturated carbocycles. The number of carbonyl (C=O) groups excluding carboxylic acids is 1. The van der Waals surface area contributed by atoms with Crippen LogP contribution in [-0.4, -0.2) is 31.0 Å². The number of halogens is 1. The van der Waals surface area contributed by atoms with E-state index in [1.165, 1.54) is 25.7 Å². The van der Waals surface area contributed by atoms with Crippen LogP contribution in [-0.2, 0) is 9.53 Å². The van der Waals surface area contributed by atoms with E-state index in [4.69, 9.17) is 4.74 Å². The maximum Gasteiger partial charge on any atom is 0.223 e. The molecule has 2 aliphatic carbocycles. The summed E-state index contributed by atoms with van der Waals surface area (Å²) in [7, 11) is 1.67. The van der Waals surface area contributed by atoms with E-state index in [0.717, 1.165) is 0 Å². The van der Waals surface area contributed by atoms with Gasteiger partial charge in [-0.3, -0.25) is 4.79 Å². The summed E-state index contributed by atoms with van der Waals surface area (Å²) >= 11 is 3.47. The number of hydrogen-bond acceptors (Lipinski definition) is 2. The Hall–Kier alpha value is -0.0900. The lowest BCUT2D eigenvalue weighted by Crippen LogP contribution is -2.33. The first-order valence-corrected chi connectivity index (χ1v) is 7.06. The predicted octanol–water partition coefficient (Wildman–Crippen LogP) is 1.95. The van der Waals surface area contributed by atoms with Crippen molar-refractivity contribution in [2.75, 3.05) is 20.3 Å².